The number of rotatable bonds is 5. The molecule has 0 spiro atoms. The first-order valence-electron chi connectivity index (χ1n) is 10.8. The molecule has 38 heavy (non-hydrogen) atoms. The fraction of sp³-hybridized carbons (Fsp3) is 0.476. The molecule has 0 atom stereocenters. The molecular weight excluding hydrogens is 545 g/mol. The van der Waals surface area contributed by atoms with Crippen molar-refractivity contribution < 1.29 is 49.4 Å². The molecule has 3 rings (SSSR count). The average Bonchev–Trinajstić information content (AvgIpc) is 3.20. The van der Waals surface area contributed by atoms with Crippen molar-refractivity contribution in [3.8, 4) is 5.75 Å². The van der Waals surface area contributed by atoms with E-state index in [4.69, 9.17) is 4.74 Å². The van der Waals surface area contributed by atoms with Crippen LogP contribution < -0.4 is 19.7 Å². The van der Waals surface area contributed by atoms with E-state index in [-0.39, 0.29) is 46.6 Å². The van der Waals surface area contributed by atoms with Gasteiger partial charge in [-0.25, -0.2) is 17.9 Å². The molecule has 0 unspecified atom stereocenters. The minimum Gasteiger partial charge on any atom is -0.489 e. The highest BCUT2D eigenvalue weighted by Gasteiger charge is 2.51. The van der Waals surface area contributed by atoms with Gasteiger partial charge in [0.15, 0.2) is 0 Å². The lowest BCUT2D eigenvalue weighted by Gasteiger charge is -2.31. The number of alkyl halides is 5. The van der Waals surface area contributed by atoms with Crippen LogP contribution in [0.3, 0.4) is 0 Å². The second-order valence-corrected chi connectivity index (χ2v) is 10.1. The Morgan fingerprint density at radius 2 is 1.82 bits per heavy atom. The van der Waals surface area contributed by atoms with Crippen molar-refractivity contribution in [3.63, 3.8) is 0 Å². The lowest BCUT2D eigenvalue weighted by atomic mass is 10.1. The molecule has 2 N–H and O–H groups in total. The van der Waals surface area contributed by atoms with Crippen LogP contribution in [0.5, 0.6) is 5.75 Å². The number of sulfonamides is 1. The van der Waals surface area contributed by atoms with E-state index in [0.29, 0.717) is 20.0 Å². The summed E-state index contributed by atoms with van der Waals surface area (Å²) in [6.45, 7) is 0.774. The van der Waals surface area contributed by atoms with E-state index >= 15 is 0 Å². The van der Waals surface area contributed by atoms with Crippen LogP contribution in [0.15, 0.2) is 29.3 Å². The van der Waals surface area contributed by atoms with E-state index in [1.54, 1.807) is 7.05 Å². The number of nitrogens with one attached hydrogen (secondary N) is 2. The maximum atomic E-state index is 13.2. The molecule has 2 amide bonds. The number of aryl methyl sites for hydroxylation is 1. The van der Waals surface area contributed by atoms with Crippen molar-refractivity contribution >= 4 is 33.4 Å². The Kier molecular flexibility index (Phi) is 9.18. The second kappa shape index (κ2) is 11.4. The number of carbonyl (C=O) groups excluding carboxylic acids is 2. The van der Waals surface area contributed by atoms with Gasteiger partial charge in [0, 0.05) is 19.7 Å². The minimum atomic E-state index is -4.82. The zero-order chi connectivity index (χ0) is 29.1. The highest BCUT2D eigenvalue weighted by atomic mass is 32.2. The molecule has 0 saturated heterocycles. The first-order chi connectivity index (χ1) is 17.4. The number of fused-ring (bicyclic) bond motifs is 1. The van der Waals surface area contributed by atoms with Crippen LogP contribution in [-0.2, 0) is 19.6 Å². The molecule has 1 aromatic heterocycles. The van der Waals surface area contributed by atoms with Crippen LogP contribution >= 0.6 is 0 Å². The number of carbonyl (C=O) groups is 2. The number of ether oxygens (including phenoxy) is 2. The molecule has 11 nitrogen and oxygen atoms in total. The Labute approximate surface area is 214 Å². The number of hydrogen-bond donors (Lipinski definition) is 2. The summed E-state index contributed by atoms with van der Waals surface area (Å²) in [5.74, 6) is 0.100. The van der Waals surface area contributed by atoms with Crippen molar-refractivity contribution in [1.82, 2.24) is 15.1 Å². The van der Waals surface area contributed by atoms with Crippen molar-refractivity contribution in [3.05, 3.63) is 30.1 Å². The highest BCUT2D eigenvalue weighted by Crippen LogP contribution is 2.38. The van der Waals surface area contributed by atoms with Crippen molar-refractivity contribution in [2.75, 3.05) is 29.8 Å². The molecule has 2 heterocycles. The van der Waals surface area contributed by atoms with Gasteiger partial charge < -0.3 is 14.8 Å². The van der Waals surface area contributed by atoms with Crippen molar-refractivity contribution in [1.29, 1.82) is 0 Å². The molecular formula is C21H26F5N5O6S. The summed E-state index contributed by atoms with van der Waals surface area (Å²) in [6, 6.07) is 3.73. The van der Waals surface area contributed by atoms with Gasteiger partial charge in [0.25, 0.3) is 10.0 Å². The van der Waals surface area contributed by atoms with Gasteiger partial charge in [-0.1, -0.05) is 0 Å². The molecule has 1 aliphatic heterocycles. The van der Waals surface area contributed by atoms with Gasteiger partial charge in [0.1, 0.15) is 17.3 Å². The van der Waals surface area contributed by atoms with Crippen LogP contribution in [0.25, 0.3) is 0 Å². The number of anilines is 2. The lowest BCUT2D eigenvalue weighted by molar-refractivity contribution is -0.242. The normalized spacial score (nSPS) is 13.6. The summed E-state index contributed by atoms with van der Waals surface area (Å²) < 4.78 is 102. The predicted octanol–water partition coefficient (Wildman–Crippen LogP) is 3.82. The fourth-order valence-electron chi connectivity index (χ4n) is 2.89. The van der Waals surface area contributed by atoms with Gasteiger partial charge in [-0.15, -0.1) is 0 Å². The van der Waals surface area contributed by atoms with Crippen molar-refractivity contribution in [2.45, 2.75) is 50.9 Å². The number of halogens is 5. The Hall–Kier alpha value is -3.63. The van der Waals surface area contributed by atoms with Crippen LogP contribution in [0.1, 0.15) is 33.0 Å². The maximum absolute atomic E-state index is 13.2. The van der Waals surface area contributed by atoms with E-state index in [9.17, 15) is 40.0 Å². The molecule has 2 aromatic rings. The third kappa shape index (κ3) is 7.02. The number of amides is 2. The Bertz CT molecular complexity index is 1280. The van der Waals surface area contributed by atoms with Crippen LogP contribution in [0.4, 0.5) is 38.1 Å². The van der Waals surface area contributed by atoms with E-state index < -0.39 is 39.3 Å². The smallest absolute Gasteiger partial charge is 0.427 e. The zero-order valence-electron chi connectivity index (χ0n) is 20.9. The molecule has 0 saturated carbocycles. The van der Waals surface area contributed by atoms with Crippen molar-refractivity contribution in [2.24, 2.45) is 0 Å². The quantitative estimate of drug-likeness (QED) is 0.522. The standard InChI is InChI=1S/C18H19F5N4O5S.C3H7NO/c1-10-14(9-26(25-10)15(19)20)33(29,30)27-6-7-31-13-5-4-11(8-12(13)27)24-16(28)32-17(2,3)18(21,22)23;1-3(5)4-2/h4-5,8-9,15H,6-7H2,1-3H3,(H,24,28);1-2H3,(H,4,5). The SMILES string of the molecule is CNC(C)=O.Cc1nn(C(F)F)cc1S(=O)(=O)N1CCOc2ccc(NC(=O)OC(C)(C)C(F)(F)F)cc21. The maximum Gasteiger partial charge on any atom is 0.427 e. The van der Waals surface area contributed by atoms with Crippen LogP contribution in [-0.4, -0.2) is 62.2 Å². The Morgan fingerprint density at radius 1 is 1.21 bits per heavy atom. The average molecular weight is 572 g/mol. The van der Waals surface area contributed by atoms with E-state index in [1.807, 2.05) is 0 Å². The van der Waals surface area contributed by atoms with Gasteiger partial charge in [-0.05, 0) is 39.0 Å². The Morgan fingerprint density at radius 3 is 2.32 bits per heavy atom. The third-order valence-corrected chi connectivity index (χ3v) is 6.96. The van der Waals surface area contributed by atoms with Gasteiger partial charge in [0.2, 0.25) is 11.5 Å². The van der Waals surface area contributed by atoms with Gasteiger partial charge in [-0.3, -0.25) is 14.4 Å². The minimum absolute atomic E-state index is 0.00463. The number of nitrogens with zero attached hydrogens (tertiary/aromatic N) is 3. The van der Waals surface area contributed by atoms with Gasteiger partial charge in [0.05, 0.1) is 24.1 Å². The van der Waals surface area contributed by atoms with E-state index in [2.05, 4.69) is 20.5 Å². The molecule has 17 heteroatoms. The number of hydrogen-bond acceptors (Lipinski definition) is 7. The monoisotopic (exact) mass is 571 g/mol. The molecule has 0 bridgehead atoms. The summed E-state index contributed by atoms with van der Waals surface area (Å²) in [6.07, 6.45) is -5.54. The van der Waals surface area contributed by atoms with E-state index in [0.717, 1.165) is 10.4 Å². The molecule has 0 radical (unpaired) electrons. The van der Waals surface area contributed by atoms with Crippen LogP contribution in [0.2, 0.25) is 0 Å². The first kappa shape index (κ1) is 30.6. The topological polar surface area (TPSA) is 132 Å². The molecule has 212 valence electrons. The summed E-state index contributed by atoms with van der Waals surface area (Å²) in [4.78, 5) is 21.2. The molecule has 1 aromatic carbocycles. The van der Waals surface area contributed by atoms with E-state index in [1.165, 1.54) is 26.0 Å². The summed E-state index contributed by atoms with van der Waals surface area (Å²) in [5, 5.41) is 8.00. The molecule has 1 aliphatic rings. The number of aromatic nitrogens is 2. The van der Waals surface area contributed by atoms with Crippen LogP contribution in [0, 0.1) is 6.92 Å². The Balaban J connectivity index is 0.000000926. The largest absolute Gasteiger partial charge is 0.489 e. The lowest BCUT2D eigenvalue weighted by Crippen LogP contribution is -2.44. The van der Waals surface area contributed by atoms with Gasteiger partial charge in [-0.2, -0.15) is 27.1 Å². The predicted molar refractivity (Wildman–Crippen MR) is 125 cm³/mol. The molecule has 0 aliphatic carbocycles. The first-order valence-corrected chi connectivity index (χ1v) is 12.2. The fourth-order valence-corrected chi connectivity index (χ4v) is 4.50. The summed E-state index contributed by atoms with van der Waals surface area (Å²) >= 11 is 0. The van der Waals surface area contributed by atoms with Gasteiger partial charge >= 0.3 is 18.8 Å². The summed E-state index contributed by atoms with van der Waals surface area (Å²) in [5.41, 5.74) is -3.07. The second-order valence-electron chi connectivity index (χ2n) is 8.27. The zero-order valence-corrected chi connectivity index (χ0v) is 21.7. The highest BCUT2D eigenvalue weighted by molar-refractivity contribution is 7.92. The number of benzene rings is 1. The third-order valence-electron chi connectivity index (χ3n) is 5.05. The molecule has 0 fully saturated rings. The summed E-state index contributed by atoms with van der Waals surface area (Å²) in [7, 11) is -2.77.